The summed E-state index contributed by atoms with van der Waals surface area (Å²) in [4.78, 5) is 11.2. The van der Waals surface area contributed by atoms with Crippen LogP contribution in [-0.2, 0) is 9.53 Å². The highest BCUT2D eigenvalue weighted by Gasteiger charge is 2.20. The Hall–Kier alpha value is -1.61. The molecule has 1 heterocycles. The van der Waals surface area contributed by atoms with Gasteiger partial charge in [-0.05, 0) is 45.0 Å². The number of carbonyl (C=O) groups excluding carboxylic acids is 1. The summed E-state index contributed by atoms with van der Waals surface area (Å²) in [6, 6.07) is 10.6. The fourth-order valence-corrected chi connectivity index (χ4v) is 1.78. The molecule has 17 heavy (non-hydrogen) atoms. The number of hydrogen-bond donors (Lipinski definition) is 0. The predicted octanol–water partition coefficient (Wildman–Crippen LogP) is 2.95. The molecule has 1 aromatic heterocycles. The van der Waals surface area contributed by atoms with Crippen molar-refractivity contribution in [2.75, 3.05) is 0 Å². The third kappa shape index (κ3) is 2.56. The van der Waals surface area contributed by atoms with E-state index < -0.39 is 6.23 Å². The van der Waals surface area contributed by atoms with Crippen molar-refractivity contribution in [1.82, 2.24) is 4.57 Å². The molecule has 0 aliphatic heterocycles. The van der Waals surface area contributed by atoms with Gasteiger partial charge in [-0.2, -0.15) is 0 Å². The van der Waals surface area contributed by atoms with E-state index in [0.717, 1.165) is 17.2 Å². The van der Waals surface area contributed by atoms with Crippen LogP contribution in [0, 0.1) is 6.07 Å². The van der Waals surface area contributed by atoms with Crippen molar-refractivity contribution in [3.05, 3.63) is 36.5 Å². The lowest BCUT2D eigenvalue weighted by Gasteiger charge is -2.25. The lowest BCUT2D eigenvalue weighted by molar-refractivity contribution is -0.137. The Morgan fingerprint density at radius 3 is 2.82 bits per heavy atom. The van der Waals surface area contributed by atoms with Gasteiger partial charge in [0.1, 0.15) is 0 Å². The molecule has 1 atom stereocenters. The molecule has 0 aliphatic rings. The molecule has 0 fully saturated rings. The van der Waals surface area contributed by atoms with Crippen molar-refractivity contribution in [3.63, 3.8) is 0 Å². The molecule has 0 N–H and O–H groups in total. The molecule has 2 aromatic rings. The molecule has 3 nitrogen and oxygen atoms in total. The molecule has 1 unspecified atom stereocenters. The number of rotatable bonds is 3. The Balaban J connectivity index is 2.40. The van der Waals surface area contributed by atoms with E-state index >= 15 is 0 Å². The van der Waals surface area contributed by atoms with Crippen LogP contribution in [0.3, 0.4) is 0 Å². The van der Waals surface area contributed by atoms with E-state index in [1.165, 1.54) is 0 Å². The van der Waals surface area contributed by atoms with Crippen LogP contribution in [0.5, 0.6) is 0 Å². The van der Waals surface area contributed by atoms with E-state index in [4.69, 9.17) is 4.74 Å². The maximum Gasteiger partial charge on any atom is 0.191 e. The maximum atomic E-state index is 11.2. The van der Waals surface area contributed by atoms with Crippen LogP contribution in [0.15, 0.2) is 30.5 Å². The third-order valence-corrected chi connectivity index (χ3v) is 2.43. The quantitative estimate of drug-likeness (QED) is 0.759. The van der Waals surface area contributed by atoms with Crippen molar-refractivity contribution < 1.29 is 9.53 Å². The highest BCUT2D eigenvalue weighted by Crippen LogP contribution is 2.23. The number of aldehydes is 1. The molecule has 0 amide bonds. The first-order valence-corrected chi connectivity index (χ1v) is 5.61. The second kappa shape index (κ2) is 4.34. The number of ether oxygens (including phenoxy) is 1. The van der Waals surface area contributed by atoms with E-state index in [9.17, 15) is 4.79 Å². The Kier molecular flexibility index (Phi) is 3.03. The molecule has 0 saturated carbocycles. The van der Waals surface area contributed by atoms with Gasteiger partial charge in [0.25, 0.3) is 0 Å². The molecule has 0 aliphatic carbocycles. The molecule has 2 rings (SSSR count). The van der Waals surface area contributed by atoms with Crippen LogP contribution < -0.4 is 0 Å². The normalized spacial score (nSPS) is 13.8. The summed E-state index contributed by atoms with van der Waals surface area (Å²) in [6.07, 6.45) is 2.10. The third-order valence-electron chi connectivity index (χ3n) is 2.43. The van der Waals surface area contributed by atoms with Gasteiger partial charge in [0, 0.05) is 11.6 Å². The van der Waals surface area contributed by atoms with Gasteiger partial charge < -0.3 is 9.30 Å². The summed E-state index contributed by atoms with van der Waals surface area (Å²) >= 11 is 0. The highest BCUT2D eigenvalue weighted by molar-refractivity contribution is 5.80. The summed E-state index contributed by atoms with van der Waals surface area (Å²) in [5.41, 5.74) is 0.619. The number of fused-ring (bicyclic) bond motifs is 1. The van der Waals surface area contributed by atoms with Crippen LogP contribution in [0.25, 0.3) is 10.9 Å². The van der Waals surface area contributed by atoms with E-state index in [0.29, 0.717) is 0 Å². The number of aromatic nitrogens is 1. The van der Waals surface area contributed by atoms with Crippen LogP contribution in [0.2, 0.25) is 0 Å². The van der Waals surface area contributed by atoms with Crippen molar-refractivity contribution in [2.45, 2.75) is 32.6 Å². The van der Waals surface area contributed by atoms with Crippen molar-refractivity contribution in [3.8, 4) is 0 Å². The standard InChI is InChI=1S/C14H16NO2/c1-14(2,3)17-13(10-16)15-9-8-11-6-4-5-7-12(11)15/h5-10,13H,1-3H3. The van der Waals surface area contributed by atoms with Gasteiger partial charge in [0.15, 0.2) is 12.5 Å². The minimum absolute atomic E-state index is 0.358. The van der Waals surface area contributed by atoms with Crippen LogP contribution >= 0.6 is 0 Å². The zero-order valence-electron chi connectivity index (χ0n) is 10.3. The number of hydrogen-bond acceptors (Lipinski definition) is 2. The first-order chi connectivity index (χ1) is 8.01. The molecule has 89 valence electrons. The van der Waals surface area contributed by atoms with E-state index in [-0.39, 0.29) is 5.60 Å². The van der Waals surface area contributed by atoms with Crippen molar-refractivity contribution in [1.29, 1.82) is 0 Å². The minimum Gasteiger partial charge on any atom is -0.345 e. The van der Waals surface area contributed by atoms with Crippen LogP contribution in [0.4, 0.5) is 0 Å². The van der Waals surface area contributed by atoms with E-state index in [2.05, 4.69) is 6.07 Å². The van der Waals surface area contributed by atoms with Crippen LogP contribution in [-0.4, -0.2) is 16.5 Å². The van der Waals surface area contributed by atoms with Gasteiger partial charge in [0.2, 0.25) is 0 Å². The fraction of sp³-hybridized carbons (Fsp3) is 0.357. The summed E-state index contributed by atoms with van der Waals surface area (Å²) in [7, 11) is 0. The lowest BCUT2D eigenvalue weighted by atomic mass is 10.2. The largest absolute Gasteiger partial charge is 0.345 e. The van der Waals surface area contributed by atoms with Gasteiger partial charge in [-0.25, -0.2) is 0 Å². The first-order valence-electron chi connectivity index (χ1n) is 5.61. The molecule has 1 radical (unpaired) electrons. The van der Waals surface area contributed by atoms with Gasteiger partial charge in [-0.15, -0.1) is 0 Å². The smallest absolute Gasteiger partial charge is 0.191 e. The molecular formula is C14H16NO2. The highest BCUT2D eigenvalue weighted by atomic mass is 16.5. The average molecular weight is 230 g/mol. The van der Waals surface area contributed by atoms with Gasteiger partial charge in [-0.1, -0.05) is 6.07 Å². The second-order valence-electron chi connectivity index (χ2n) is 4.96. The molecule has 3 heteroatoms. The van der Waals surface area contributed by atoms with Crippen molar-refractivity contribution in [2.24, 2.45) is 0 Å². The van der Waals surface area contributed by atoms with Gasteiger partial charge >= 0.3 is 0 Å². The average Bonchev–Trinajstić information content (AvgIpc) is 2.68. The number of nitrogens with zero attached hydrogens (tertiary/aromatic N) is 1. The summed E-state index contributed by atoms with van der Waals surface area (Å²) in [6.45, 7) is 5.80. The predicted molar refractivity (Wildman–Crippen MR) is 66.7 cm³/mol. The minimum atomic E-state index is -0.588. The zero-order chi connectivity index (χ0) is 12.5. The van der Waals surface area contributed by atoms with E-state index in [1.54, 1.807) is 0 Å². The van der Waals surface area contributed by atoms with Crippen LogP contribution in [0.1, 0.15) is 27.0 Å². The molecule has 0 bridgehead atoms. The summed E-state index contributed by atoms with van der Waals surface area (Å²) in [5, 5.41) is 1.05. The summed E-state index contributed by atoms with van der Waals surface area (Å²) in [5.74, 6) is 0. The zero-order valence-corrected chi connectivity index (χ0v) is 10.3. The lowest BCUT2D eigenvalue weighted by Crippen LogP contribution is -2.26. The number of carbonyl (C=O) groups is 1. The molecule has 0 saturated heterocycles. The Morgan fingerprint density at radius 2 is 2.18 bits per heavy atom. The maximum absolute atomic E-state index is 11.2. The molecular weight excluding hydrogens is 214 g/mol. The van der Waals surface area contributed by atoms with Gasteiger partial charge in [-0.3, -0.25) is 4.79 Å². The Labute approximate surface area is 101 Å². The van der Waals surface area contributed by atoms with E-state index in [1.807, 2.05) is 55.8 Å². The molecule has 1 aromatic carbocycles. The second-order valence-corrected chi connectivity index (χ2v) is 4.96. The molecule has 0 spiro atoms. The Morgan fingerprint density at radius 1 is 1.41 bits per heavy atom. The van der Waals surface area contributed by atoms with Crippen molar-refractivity contribution >= 4 is 17.2 Å². The fourth-order valence-electron chi connectivity index (χ4n) is 1.78. The monoisotopic (exact) mass is 230 g/mol. The Bertz CT molecular complexity index is 522. The van der Waals surface area contributed by atoms with Gasteiger partial charge in [0.05, 0.1) is 11.1 Å². The first kappa shape index (κ1) is 11.9. The number of benzene rings is 1. The summed E-state index contributed by atoms with van der Waals surface area (Å²) < 4.78 is 7.56. The SMILES string of the molecule is CC(C)(C)OC(C=O)n1ccc2c[c]ccc21. The topological polar surface area (TPSA) is 31.2 Å².